The highest BCUT2D eigenvalue weighted by atomic mass is 79.9. The number of rotatable bonds is 7. The first-order valence-corrected chi connectivity index (χ1v) is 12.1. The molecule has 3 amide bonds. The Hall–Kier alpha value is -3.36. The Morgan fingerprint density at radius 1 is 1.06 bits per heavy atom. The van der Waals surface area contributed by atoms with Crippen LogP contribution in [0, 0.1) is 6.92 Å². The minimum Gasteiger partial charge on any atom is -0.483 e. The Labute approximate surface area is 210 Å². The van der Waals surface area contributed by atoms with Gasteiger partial charge in [-0.25, -0.2) is 0 Å². The van der Waals surface area contributed by atoms with Crippen molar-refractivity contribution in [1.29, 1.82) is 0 Å². The molecule has 0 radical (unpaired) electrons. The van der Waals surface area contributed by atoms with Crippen molar-refractivity contribution in [3.8, 4) is 5.75 Å². The molecule has 1 fully saturated rings. The number of carbonyl (C=O) groups excluding carboxylic acids is 3. The van der Waals surface area contributed by atoms with Crippen LogP contribution in [0.3, 0.4) is 0 Å². The van der Waals surface area contributed by atoms with Crippen molar-refractivity contribution < 1.29 is 19.1 Å². The molecular weight excluding hydrogens is 516 g/mol. The lowest BCUT2D eigenvalue weighted by atomic mass is 10.2. The fourth-order valence-electron chi connectivity index (χ4n) is 3.34. The molecule has 8 heteroatoms. The number of hydrogen-bond donors (Lipinski definition) is 1. The summed E-state index contributed by atoms with van der Waals surface area (Å²) < 4.78 is 6.27. The summed E-state index contributed by atoms with van der Waals surface area (Å²) in [7, 11) is 0. The number of nitrogens with zero attached hydrogens (tertiary/aromatic N) is 1. The molecule has 0 bridgehead atoms. The van der Waals surface area contributed by atoms with Gasteiger partial charge in [-0.2, -0.15) is 0 Å². The Morgan fingerprint density at radius 3 is 2.59 bits per heavy atom. The molecule has 3 aromatic rings. The number of ether oxygens (including phenoxy) is 1. The maximum atomic E-state index is 12.8. The summed E-state index contributed by atoms with van der Waals surface area (Å²) in [6.45, 7) is 2.04. The summed E-state index contributed by atoms with van der Waals surface area (Å²) in [5.74, 6) is -0.0921. The summed E-state index contributed by atoms with van der Waals surface area (Å²) in [6.07, 6.45) is 1.68. The molecule has 0 atom stereocenters. The van der Waals surface area contributed by atoms with Gasteiger partial charge in [-0.15, -0.1) is 0 Å². The molecule has 3 aromatic carbocycles. The van der Waals surface area contributed by atoms with Gasteiger partial charge in [0.15, 0.2) is 6.61 Å². The van der Waals surface area contributed by atoms with Crippen LogP contribution in [0.5, 0.6) is 5.75 Å². The third-order valence-corrected chi connectivity index (χ3v) is 6.50. The highest BCUT2D eigenvalue weighted by Crippen LogP contribution is 2.34. The topological polar surface area (TPSA) is 75.7 Å². The first-order chi connectivity index (χ1) is 16.4. The molecule has 0 spiro atoms. The number of benzene rings is 3. The summed E-state index contributed by atoms with van der Waals surface area (Å²) in [5, 5.41) is 2.50. The van der Waals surface area contributed by atoms with E-state index < -0.39 is 0 Å². The predicted molar refractivity (Wildman–Crippen MR) is 137 cm³/mol. The maximum absolute atomic E-state index is 12.8. The van der Waals surface area contributed by atoms with Crippen LogP contribution in [0.1, 0.15) is 16.7 Å². The SMILES string of the molecule is Cc1cccc(NC(=O)COc2ccc(/C=C3\SC(=O)N(Cc4ccccc4)C3=O)cc2Br)c1. The van der Waals surface area contributed by atoms with E-state index in [1.807, 2.05) is 61.5 Å². The van der Waals surface area contributed by atoms with Crippen LogP contribution in [0.2, 0.25) is 0 Å². The van der Waals surface area contributed by atoms with Crippen molar-refractivity contribution in [3.63, 3.8) is 0 Å². The standard InChI is InChI=1S/C26H21BrN2O4S/c1-17-6-5-9-20(12-17)28-24(30)16-33-22-11-10-19(13-21(22)27)14-23-25(31)29(26(32)34-23)15-18-7-3-2-4-8-18/h2-14H,15-16H2,1H3,(H,28,30)/b23-14-. The van der Waals surface area contributed by atoms with Crippen molar-refractivity contribution >= 4 is 56.5 Å². The van der Waals surface area contributed by atoms with E-state index in [4.69, 9.17) is 4.74 Å². The van der Waals surface area contributed by atoms with E-state index in [2.05, 4.69) is 21.2 Å². The highest BCUT2D eigenvalue weighted by molar-refractivity contribution is 9.10. The van der Waals surface area contributed by atoms with Crippen LogP contribution >= 0.6 is 27.7 Å². The molecule has 1 N–H and O–H groups in total. The molecule has 0 saturated carbocycles. The maximum Gasteiger partial charge on any atom is 0.293 e. The average Bonchev–Trinajstić information content (AvgIpc) is 3.06. The van der Waals surface area contributed by atoms with Crippen molar-refractivity contribution in [3.05, 3.63) is 98.9 Å². The number of amides is 3. The number of aryl methyl sites for hydroxylation is 1. The van der Waals surface area contributed by atoms with Crippen LogP contribution in [-0.4, -0.2) is 28.6 Å². The molecule has 1 saturated heterocycles. The molecule has 0 aliphatic carbocycles. The van der Waals surface area contributed by atoms with E-state index in [-0.39, 0.29) is 30.2 Å². The quantitative estimate of drug-likeness (QED) is 0.374. The fourth-order valence-corrected chi connectivity index (χ4v) is 4.69. The van der Waals surface area contributed by atoms with Crippen LogP contribution in [-0.2, 0) is 16.1 Å². The molecule has 172 valence electrons. The molecule has 1 aliphatic rings. The van der Waals surface area contributed by atoms with Gasteiger partial charge in [0.25, 0.3) is 17.1 Å². The third-order valence-electron chi connectivity index (χ3n) is 4.97. The molecule has 6 nitrogen and oxygen atoms in total. The Kier molecular flexibility index (Phi) is 7.49. The summed E-state index contributed by atoms with van der Waals surface area (Å²) in [4.78, 5) is 38.9. The lowest BCUT2D eigenvalue weighted by Gasteiger charge is -2.12. The Balaban J connectivity index is 1.38. The van der Waals surface area contributed by atoms with E-state index in [0.717, 1.165) is 28.5 Å². The van der Waals surface area contributed by atoms with E-state index in [0.29, 0.717) is 20.8 Å². The minimum absolute atomic E-state index is 0.149. The lowest BCUT2D eigenvalue weighted by Crippen LogP contribution is -2.27. The van der Waals surface area contributed by atoms with Crippen molar-refractivity contribution in [1.82, 2.24) is 4.90 Å². The fraction of sp³-hybridized carbons (Fsp3) is 0.115. The van der Waals surface area contributed by atoms with Gasteiger partial charge in [0.1, 0.15) is 5.75 Å². The number of imide groups is 1. The van der Waals surface area contributed by atoms with Crippen LogP contribution in [0.15, 0.2) is 82.2 Å². The van der Waals surface area contributed by atoms with Gasteiger partial charge < -0.3 is 10.1 Å². The number of anilines is 1. The summed E-state index contributed by atoms with van der Waals surface area (Å²) >= 11 is 4.37. The summed E-state index contributed by atoms with van der Waals surface area (Å²) in [6, 6.07) is 22.2. The van der Waals surface area contributed by atoms with E-state index in [9.17, 15) is 14.4 Å². The number of hydrogen-bond acceptors (Lipinski definition) is 5. The zero-order valence-electron chi connectivity index (χ0n) is 18.3. The van der Waals surface area contributed by atoms with Gasteiger partial charge in [-0.1, -0.05) is 48.5 Å². The molecule has 1 aliphatic heterocycles. The lowest BCUT2D eigenvalue weighted by molar-refractivity contribution is -0.123. The zero-order chi connectivity index (χ0) is 24.1. The van der Waals surface area contributed by atoms with Gasteiger partial charge in [-0.3, -0.25) is 19.3 Å². The van der Waals surface area contributed by atoms with Crippen LogP contribution < -0.4 is 10.1 Å². The second-order valence-electron chi connectivity index (χ2n) is 7.65. The average molecular weight is 537 g/mol. The van der Waals surface area contributed by atoms with Crippen LogP contribution in [0.25, 0.3) is 6.08 Å². The van der Waals surface area contributed by atoms with Crippen molar-refractivity contribution in [2.45, 2.75) is 13.5 Å². The van der Waals surface area contributed by atoms with E-state index in [1.54, 1.807) is 24.3 Å². The predicted octanol–water partition coefficient (Wildman–Crippen LogP) is 6.01. The van der Waals surface area contributed by atoms with Gasteiger partial charge in [-0.05, 0) is 81.6 Å². The number of carbonyl (C=O) groups is 3. The molecule has 0 unspecified atom stereocenters. The second kappa shape index (κ2) is 10.7. The highest BCUT2D eigenvalue weighted by Gasteiger charge is 2.34. The molecule has 1 heterocycles. The second-order valence-corrected chi connectivity index (χ2v) is 9.50. The number of thioether (sulfide) groups is 1. The van der Waals surface area contributed by atoms with Crippen molar-refractivity contribution in [2.75, 3.05) is 11.9 Å². The van der Waals surface area contributed by atoms with Gasteiger partial charge >= 0.3 is 0 Å². The molecule has 0 aromatic heterocycles. The molecular formula is C26H21BrN2O4S. The smallest absolute Gasteiger partial charge is 0.293 e. The van der Waals surface area contributed by atoms with Crippen molar-refractivity contribution in [2.24, 2.45) is 0 Å². The molecule has 34 heavy (non-hydrogen) atoms. The van der Waals surface area contributed by atoms with Gasteiger partial charge in [0.05, 0.1) is 15.9 Å². The monoisotopic (exact) mass is 536 g/mol. The number of nitrogens with one attached hydrogen (secondary N) is 1. The molecule has 4 rings (SSSR count). The largest absolute Gasteiger partial charge is 0.483 e. The number of halogens is 1. The third kappa shape index (κ3) is 5.95. The Morgan fingerprint density at radius 2 is 1.85 bits per heavy atom. The zero-order valence-corrected chi connectivity index (χ0v) is 20.7. The van der Waals surface area contributed by atoms with E-state index >= 15 is 0 Å². The first kappa shape index (κ1) is 23.8. The first-order valence-electron chi connectivity index (χ1n) is 10.5. The normalized spacial score (nSPS) is 14.5. The van der Waals surface area contributed by atoms with Gasteiger partial charge in [0.2, 0.25) is 0 Å². The van der Waals surface area contributed by atoms with Crippen LogP contribution in [0.4, 0.5) is 10.5 Å². The Bertz CT molecular complexity index is 1280. The van der Waals surface area contributed by atoms with E-state index in [1.165, 1.54) is 4.90 Å². The summed E-state index contributed by atoms with van der Waals surface area (Å²) in [5.41, 5.74) is 3.38. The minimum atomic E-state index is -0.317. The van der Waals surface area contributed by atoms with Gasteiger partial charge in [0, 0.05) is 5.69 Å².